The normalized spacial score (nSPS) is 10.1. The highest BCUT2D eigenvalue weighted by Gasteiger charge is 2.13. The average molecular weight is 223 g/mol. The molecule has 0 bridgehead atoms. The van der Waals surface area contributed by atoms with Gasteiger partial charge in [0.05, 0.1) is 12.5 Å². The highest BCUT2D eigenvalue weighted by molar-refractivity contribution is 6.02. The van der Waals surface area contributed by atoms with Crippen LogP contribution in [0.25, 0.3) is 0 Å². The third-order valence-corrected chi connectivity index (χ3v) is 1.94. The van der Waals surface area contributed by atoms with E-state index in [0.717, 1.165) is 12.1 Å². The van der Waals surface area contributed by atoms with E-state index in [1.807, 2.05) is 0 Å². The molecule has 0 spiro atoms. The summed E-state index contributed by atoms with van der Waals surface area (Å²) in [4.78, 5) is 17.6. The van der Waals surface area contributed by atoms with Gasteiger partial charge in [-0.2, -0.15) is 0 Å². The molecule has 6 heteroatoms. The number of nitrogens with zero attached hydrogens (tertiary/aromatic N) is 1. The van der Waals surface area contributed by atoms with Crippen LogP contribution >= 0.6 is 0 Å². The fraction of sp³-hybridized carbons (Fsp3) is 0. The van der Waals surface area contributed by atoms with E-state index in [9.17, 15) is 13.6 Å². The highest BCUT2D eigenvalue weighted by Crippen LogP contribution is 2.18. The summed E-state index contributed by atoms with van der Waals surface area (Å²) in [6.45, 7) is 0. The predicted molar refractivity (Wildman–Crippen MR) is 52.9 cm³/mol. The molecule has 82 valence electrons. The number of imidazole rings is 1. The summed E-state index contributed by atoms with van der Waals surface area (Å²) in [5.41, 5.74) is -0.343. The minimum absolute atomic E-state index is 0.127. The van der Waals surface area contributed by atoms with Crippen LogP contribution in [0.1, 0.15) is 10.5 Å². The maximum absolute atomic E-state index is 13.2. The number of rotatable bonds is 2. The molecule has 0 aliphatic rings. The molecule has 0 unspecified atom stereocenters. The zero-order chi connectivity index (χ0) is 11.5. The molecule has 1 amide bonds. The number of anilines is 1. The molecule has 0 radical (unpaired) electrons. The van der Waals surface area contributed by atoms with Crippen molar-refractivity contribution < 1.29 is 13.6 Å². The molecule has 2 aromatic rings. The SMILES string of the molecule is O=C(Nc1c(F)cccc1F)c1cnc[nH]1. The van der Waals surface area contributed by atoms with Crippen molar-refractivity contribution in [2.24, 2.45) is 0 Å². The van der Waals surface area contributed by atoms with E-state index in [1.54, 1.807) is 0 Å². The quantitative estimate of drug-likeness (QED) is 0.817. The van der Waals surface area contributed by atoms with Crippen molar-refractivity contribution in [2.45, 2.75) is 0 Å². The van der Waals surface area contributed by atoms with E-state index < -0.39 is 23.2 Å². The molecule has 1 aromatic carbocycles. The number of halogens is 2. The first-order valence-electron chi connectivity index (χ1n) is 4.42. The Balaban J connectivity index is 2.25. The van der Waals surface area contributed by atoms with Crippen molar-refractivity contribution in [3.05, 3.63) is 48.1 Å². The van der Waals surface area contributed by atoms with Gasteiger partial charge in [0.2, 0.25) is 0 Å². The van der Waals surface area contributed by atoms with Gasteiger partial charge < -0.3 is 10.3 Å². The summed E-state index contributed by atoms with van der Waals surface area (Å²) < 4.78 is 26.3. The van der Waals surface area contributed by atoms with Gasteiger partial charge in [-0.05, 0) is 12.1 Å². The molecule has 1 aromatic heterocycles. The van der Waals surface area contributed by atoms with Gasteiger partial charge in [0.25, 0.3) is 5.91 Å². The molecule has 0 aliphatic carbocycles. The maximum atomic E-state index is 13.2. The molecular weight excluding hydrogens is 216 g/mol. The lowest BCUT2D eigenvalue weighted by Crippen LogP contribution is -2.14. The summed E-state index contributed by atoms with van der Waals surface area (Å²) in [5.74, 6) is -2.30. The summed E-state index contributed by atoms with van der Waals surface area (Å²) in [7, 11) is 0. The van der Waals surface area contributed by atoms with Crippen molar-refractivity contribution in [3.63, 3.8) is 0 Å². The number of nitrogens with one attached hydrogen (secondary N) is 2. The Bertz CT molecular complexity index is 491. The van der Waals surface area contributed by atoms with Gasteiger partial charge in [-0.3, -0.25) is 4.79 Å². The van der Waals surface area contributed by atoms with E-state index in [2.05, 4.69) is 15.3 Å². The minimum Gasteiger partial charge on any atom is -0.341 e. The lowest BCUT2D eigenvalue weighted by molar-refractivity contribution is 0.102. The van der Waals surface area contributed by atoms with Gasteiger partial charge in [-0.25, -0.2) is 13.8 Å². The Labute approximate surface area is 89.3 Å². The van der Waals surface area contributed by atoms with Crippen LogP contribution in [0.15, 0.2) is 30.7 Å². The zero-order valence-electron chi connectivity index (χ0n) is 8.00. The van der Waals surface area contributed by atoms with Crippen LogP contribution in [0.5, 0.6) is 0 Å². The number of hydrogen-bond donors (Lipinski definition) is 2. The Morgan fingerprint density at radius 1 is 1.31 bits per heavy atom. The first-order valence-corrected chi connectivity index (χ1v) is 4.42. The summed E-state index contributed by atoms with van der Waals surface area (Å²) in [6.07, 6.45) is 2.56. The van der Waals surface area contributed by atoms with Gasteiger partial charge >= 0.3 is 0 Å². The second kappa shape index (κ2) is 4.09. The number of para-hydroxylation sites is 1. The van der Waals surface area contributed by atoms with E-state index in [-0.39, 0.29) is 5.69 Å². The van der Waals surface area contributed by atoms with Crippen LogP contribution in [0.2, 0.25) is 0 Å². The maximum Gasteiger partial charge on any atom is 0.273 e. The third-order valence-electron chi connectivity index (χ3n) is 1.94. The number of aromatic nitrogens is 2. The fourth-order valence-electron chi connectivity index (χ4n) is 1.18. The van der Waals surface area contributed by atoms with Crippen LogP contribution < -0.4 is 5.32 Å². The van der Waals surface area contributed by atoms with Gasteiger partial charge in [0.15, 0.2) is 0 Å². The Morgan fingerprint density at radius 2 is 2.00 bits per heavy atom. The van der Waals surface area contributed by atoms with Crippen LogP contribution in [-0.2, 0) is 0 Å². The lowest BCUT2D eigenvalue weighted by Gasteiger charge is -2.05. The first-order chi connectivity index (χ1) is 7.68. The van der Waals surface area contributed by atoms with Gasteiger partial charge in [0.1, 0.15) is 23.0 Å². The number of H-pyrrole nitrogens is 1. The number of hydrogen-bond acceptors (Lipinski definition) is 2. The lowest BCUT2D eigenvalue weighted by atomic mass is 10.3. The molecule has 2 N–H and O–H groups in total. The molecule has 0 saturated carbocycles. The Hall–Kier alpha value is -2.24. The minimum atomic E-state index is -0.826. The van der Waals surface area contributed by atoms with Crippen LogP contribution in [-0.4, -0.2) is 15.9 Å². The molecule has 0 atom stereocenters. The van der Waals surface area contributed by atoms with E-state index in [0.29, 0.717) is 0 Å². The zero-order valence-corrected chi connectivity index (χ0v) is 8.00. The van der Waals surface area contributed by atoms with Crippen molar-refractivity contribution in [1.82, 2.24) is 9.97 Å². The monoisotopic (exact) mass is 223 g/mol. The molecule has 0 aliphatic heterocycles. The first kappa shape index (κ1) is 10.3. The summed E-state index contributed by atoms with van der Waals surface area (Å²) in [6, 6.07) is 3.34. The largest absolute Gasteiger partial charge is 0.341 e. The van der Waals surface area contributed by atoms with Crippen molar-refractivity contribution in [2.75, 3.05) is 5.32 Å². The topological polar surface area (TPSA) is 57.8 Å². The average Bonchev–Trinajstić information content (AvgIpc) is 2.76. The van der Waals surface area contributed by atoms with Gasteiger partial charge in [-0.15, -0.1) is 0 Å². The smallest absolute Gasteiger partial charge is 0.273 e. The molecule has 0 fully saturated rings. The van der Waals surface area contributed by atoms with Crippen LogP contribution in [0, 0.1) is 11.6 Å². The van der Waals surface area contributed by atoms with E-state index in [4.69, 9.17) is 0 Å². The number of benzene rings is 1. The second-order valence-corrected chi connectivity index (χ2v) is 3.02. The predicted octanol–water partition coefficient (Wildman–Crippen LogP) is 1.94. The fourth-order valence-corrected chi connectivity index (χ4v) is 1.18. The molecular formula is C10H7F2N3O. The number of amides is 1. The van der Waals surface area contributed by atoms with Crippen molar-refractivity contribution in [3.8, 4) is 0 Å². The van der Waals surface area contributed by atoms with Gasteiger partial charge in [0, 0.05) is 0 Å². The standard InChI is InChI=1S/C10H7F2N3O/c11-6-2-1-3-7(12)9(6)15-10(16)8-4-13-5-14-8/h1-5H,(H,13,14)(H,15,16). The molecule has 1 heterocycles. The number of carbonyl (C=O) groups excluding carboxylic acids is 1. The van der Waals surface area contributed by atoms with Crippen molar-refractivity contribution >= 4 is 11.6 Å². The Morgan fingerprint density at radius 3 is 2.56 bits per heavy atom. The summed E-state index contributed by atoms with van der Waals surface area (Å²) >= 11 is 0. The van der Waals surface area contributed by atoms with Crippen LogP contribution in [0.4, 0.5) is 14.5 Å². The number of carbonyl (C=O) groups is 1. The molecule has 16 heavy (non-hydrogen) atoms. The molecule has 2 rings (SSSR count). The second-order valence-electron chi connectivity index (χ2n) is 3.02. The Kier molecular flexibility index (Phi) is 2.63. The highest BCUT2D eigenvalue weighted by atomic mass is 19.1. The molecule has 0 saturated heterocycles. The summed E-state index contributed by atoms with van der Waals surface area (Å²) in [5, 5.41) is 2.12. The van der Waals surface area contributed by atoms with Gasteiger partial charge in [-0.1, -0.05) is 6.07 Å². The molecule has 4 nitrogen and oxygen atoms in total. The van der Waals surface area contributed by atoms with Crippen molar-refractivity contribution in [1.29, 1.82) is 0 Å². The van der Waals surface area contributed by atoms with E-state index in [1.165, 1.54) is 18.6 Å². The van der Waals surface area contributed by atoms with E-state index >= 15 is 0 Å². The third kappa shape index (κ3) is 1.90. The van der Waals surface area contributed by atoms with Crippen LogP contribution in [0.3, 0.4) is 0 Å². The number of aromatic amines is 1.